The lowest BCUT2D eigenvalue weighted by molar-refractivity contribution is 0.0963. The summed E-state index contributed by atoms with van der Waals surface area (Å²) in [5.41, 5.74) is 2.77. The molecule has 0 fully saturated rings. The number of fused-ring (bicyclic) bond motifs is 3. The van der Waals surface area contributed by atoms with Crippen molar-refractivity contribution in [3.05, 3.63) is 104 Å². The van der Waals surface area contributed by atoms with Gasteiger partial charge in [0.2, 0.25) is 0 Å². The van der Waals surface area contributed by atoms with E-state index >= 15 is 0 Å². The molecular formula is C30H28N6O3S. The maximum Gasteiger partial charge on any atom is 0.267 e. The van der Waals surface area contributed by atoms with Crippen molar-refractivity contribution in [2.75, 3.05) is 12.4 Å². The number of carbonyl (C=O) groups is 2. The fourth-order valence-electron chi connectivity index (χ4n) is 5.47. The van der Waals surface area contributed by atoms with Crippen LogP contribution in [0.2, 0.25) is 0 Å². The maximum atomic E-state index is 13.8. The third-order valence-electron chi connectivity index (χ3n) is 7.53. The first kappa shape index (κ1) is 25.7. The smallest absolute Gasteiger partial charge is 0.267 e. The van der Waals surface area contributed by atoms with Gasteiger partial charge < -0.3 is 15.2 Å². The molecule has 1 atom stereocenters. The molecule has 1 aliphatic rings. The van der Waals surface area contributed by atoms with Crippen LogP contribution in [0.5, 0.6) is 0 Å². The summed E-state index contributed by atoms with van der Waals surface area (Å²) in [6.07, 6.45) is 5.32. The maximum absolute atomic E-state index is 13.8. The molecule has 2 amide bonds. The Morgan fingerprint density at radius 3 is 2.58 bits per heavy atom. The van der Waals surface area contributed by atoms with Crippen LogP contribution >= 0.6 is 11.3 Å². The number of carbonyl (C=O) groups excluding carboxylic acids is 2. The average molecular weight is 553 g/mol. The summed E-state index contributed by atoms with van der Waals surface area (Å²) in [4.78, 5) is 46.2. The highest BCUT2D eigenvalue weighted by molar-refractivity contribution is 7.17. The van der Waals surface area contributed by atoms with Crippen molar-refractivity contribution in [2.24, 2.45) is 0 Å². The van der Waals surface area contributed by atoms with Crippen molar-refractivity contribution in [2.45, 2.75) is 38.6 Å². The van der Waals surface area contributed by atoms with E-state index in [4.69, 9.17) is 10.4 Å². The first-order chi connectivity index (χ1) is 19.4. The van der Waals surface area contributed by atoms with Crippen molar-refractivity contribution < 1.29 is 9.59 Å². The van der Waals surface area contributed by atoms with Gasteiger partial charge in [-0.05, 0) is 61.9 Å². The average Bonchev–Trinajstić information content (AvgIpc) is 3.34. The van der Waals surface area contributed by atoms with Crippen LogP contribution in [-0.4, -0.2) is 32.8 Å². The lowest BCUT2D eigenvalue weighted by atomic mass is 9.95. The molecule has 0 aliphatic heterocycles. The highest BCUT2D eigenvalue weighted by Crippen LogP contribution is 2.38. The van der Waals surface area contributed by atoms with Gasteiger partial charge in [-0.2, -0.15) is 0 Å². The molecule has 4 heterocycles. The Bertz CT molecular complexity index is 1920. The molecule has 4 aromatic heterocycles. The van der Waals surface area contributed by atoms with Crippen LogP contribution in [0.1, 0.15) is 62.5 Å². The molecule has 0 spiro atoms. The Balaban J connectivity index is 1.55. The SMILES string of the molecule is CNC(=O)c1c(NC(=O)c2cc3c(=O)n4ccccc4nc3n(C(C)c3ccccc3)c2=N)sc2c1CCCC2. The molecule has 40 heavy (non-hydrogen) atoms. The first-order valence-corrected chi connectivity index (χ1v) is 14.0. The van der Waals surface area contributed by atoms with E-state index in [9.17, 15) is 14.4 Å². The van der Waals surface area contributed by atoms with Crippen molar-refractivity contribution in [1.82, 2.24) is 19.3 Å². The fraction of sp³-hybridized carbons (Fsp3) is 0.233. The number of amides is 2. The molecule has 9 nitrogen and oxygen atoms in total. The van der Waals surface area contributed by atoms with Gasteiger partial charge in [-0.1, -0.05) is 36.4 Å². The normalized spacial score (nSPS) is 13.7. The summed E-state index contributed by atoms with van der Waals surface area (Å²) in [7, 11) is 1.57. The van der Waals surface area contributed by atoms with Gasteiger partial charge in [0.25, 0.3) is 17.4 Å². The summed E-state index contributed by atoms with van der Waals surface area (Å²) in [5, 5.41) is 15.5. The van der Waals surface area contributed by atoms with Crippen LogP contribution in [0.3, 0.4) is 0 Å². The second kappa shape index (κ2) is 10.2. The highest BCUT2D eigenvalue weighted by Gasteiger charge is 2.27. The summed E-state index contributed by atoms with van der Waals surface area (Å²) < 4.78 is 3.06. The third-order valence-corrected chi connectivity index (χ3v) is 8.74. The van der Waals surface area contributed by atoms with Crippen LogP contribution < -0.4 is 21.7 Å². The Kier molecular flexibility index (Phi) is 6.55. The zero-order valence-electron chi connectivity index (χ0n) is 22.2. The van der Waals surface area contributed by atoms with Crippen molar-refractivity contribution in [3.63, 3.8) is 0 Å². The molecule has 0 saturated carbocycles. The predicted molar refractivity (Wildman–Crippen MR) is 155 cm³/mol. The van der Waals surface area contributed by atoms with E-state index in [2.05, 4.69) is 10.6 Å². The molecule has 1 unspecified atom stereocenters. The van der Waals surface area contributed by atoms with Crippen molar-refractivity contribution in [1.29, 1.82) is 5.41 Å². The van der Waals surface area contributed by atoms with E-state index in [1.165, 1.54) is 21.8 Å². The molecule has 202 valence electrons. The predicted octanol–water partition coefficient (Wildman–Crippen LogP) is 4.29. The Morgan fingerprint density at radius 1 is 1.05 bits per heavy atom. The number of nitrogens with one attached hydrogen (secondary N) is 3. The Labute approximate surface area is 233 Å². The van der Waals surface area contributed by atoms with Gasteiger partial charge in [-0.25, -0.2) is 4.98 Å². The number of rotatable bonds is 5. The van der Waals surface area contributed by atoms with E-state index in [-0.39, 0.29) is 27.9 Å². The molecule has 0 saturated heterocycles. The molecule has 6 rings (SSSR count). The van der Waals surface area contributed by atoms with Gasteiger partial charge in [0.05, 0.1) is 22.6 Å². The minimum Gasteiger partial charge on any atom is -0.355 e. The van der Waals surface area contributed by atoms with Gasteiger partial charge in [0, 0.05) is 18.1 Å². The topological polar surface area (TPSA) is 121 Å². The lowest BCUT2D eigenvalue weighted by Crippen LogP contribution is -2.34. The van der Waals surface area contributed by atoms with Crippen LogP contribution in [-0.2, 0) is 12.8 Å². The van der Waals surface area contributed by atoms with Gasteiger partial charge in [0.15, 0.2) is 0 Å². The molecule has 1 aliphatic carbocycles. The van der Waals surface area contributed by atoms with Crippen LogP contribution in [0, 0.1) is 5.41 Å². The zero-order valence-corrected chi connectivity index (χ0v) is 23.0. The van der Waals surface area contributed by atoms with Crippen LogP contribution in [0.25, 0.3) is 16.7 Å². The van der Waals surface area contributed by atoms with E-state index < -0.39 is 11.9 Å². The number of aromatic nitrogens is 3. The van der Waals surface area contributed by atoms with Gasteiger partial charge in [-0.15, -0.1) is 11.3 Å². The number of benzene rings is 1. The van der Waals surface area contributed by atoms with E-state index in [0.717, 1.165) is 41.7 Å². The third kappa shape index (κ3) is 4.21. The summed E-state index contributed by atoms with van der Waals surface area (Å²) in [5.74, 6) is -0.803. The summed E-state index contributed by atoms with van der Waals surface area (Å²) in [6.45, 7) is 1.92. The zero-order chi connectivity index (χ0) is 28.0. The number of pyridine rings is 2. The van der Waals surface area contributed by atoms with Crippen LogP contribution in [0.15, 0.2) is 65.6 Å². The quantitative estimate of drug-likeness (QED) is 0.282. The number of nitrogens with zero attached hydrogens (tertiary/aromatic N) is 3. The molecule has 5 aromatic rings. The number of hydrogen-bond acceptors (Lipinski definition) is 6. The van der Waals surface area contributed by atoms with E-state index in [1.54, 1.807) is 36.0 Å². The van der Waals surface area contributed by atoms with Gasteiger partial charge >= 0.3 is 0 Å². The van der Waals surface area contributed by atoms with Gasteiger partial charge in [-0.3, -0.25) is 24.2 Å². The van der Waals surface area contributed by atoms with Crippen LogP contribution in [0.4, 0.5) is 5.00 Å². The summed E-state index contributed by atoms with van der Waals surface area (Å²) in [6, 6.07) is 15.9. The molecule has 0 radical (unpaired) electrons. The highest BCUT2D eigenvalue weighted by atomic mass is 32.1. The van der Waals surface area contributed by atoms with E-state index in [0.29, 0.717) is 21.9 Å². The molecule has 10 heteroatoms. The fourth-order valence-corrected chi connectivity index (χ4v) is 6.75. The molecule has 3 N–H and O–H groups in total. The Morgan fingerprint density at radius 2 is 1.80 bits per heavy atom. The Hall–Kier alpha value is -4.57. The first-order valence-electron chi connectivity index (χ1n) is 13.2. The standard InChI is InChI=1S/C30H28N6O3S/c1-17(18-10-4-3-5-11-18)36-25(31)20(16-21-26(36)33-23-14-8-9-15-35(23)30(21)39)27(37)34-29-24(28(38)32-2)19-12-6-7-13-22(19)40-29/h3-5,8-11,14-17,31H,6-7,12-13H2,1-2H3,(H,32,38)(H,34,37). The molecule has 0 bridgehead atoms. The molecule has 1 aromatic carbocycles. The molecular weight excluding hydrogens is 524 g/mol. The van der Waals surface area contributed by atoms with Gasteiger partial charge in [0.1, 0.15) is 21.8 Å². The second-order valence-electron chi connectivity index (χ2n) is 9.89. The monoisotopic (exact) mass is 552 g/mol. The number of hydrogen-bond donors (Lipinski definition) is 3. The minimum atomic E-state index is -0.553. The summed E-state index contributed by atoms with van der Waals surface area (Å²) >= 11 is 1.41. The number of thiophene rings is 1. The number of aryl methyl sites for hydroxylation is 1. The minimum absolute atomic E-state index is 0.0271. The second-order valence-corrected chi connectivity index (χ2v) is 11.0. The largest absolute Gasteiger partial charge is 0.355 e. The van der Waals surface area contributed by atoms with Crippen molar-refractivity contribution >= 4 is 44.8 Å². The number of anilines is 1. The lowest BCUT2D eigenvalue weighted by Gasteiger charge is -2.21. The van der Waals surface area contributed by atoms with E-state index in [1.807, 2.05) is 37.3 Å². The van der Waals surface area contributed by atoms with Crippen molar-refractivity contribution in [3.8, 4) is 0 Å².